The SMILES string of the molecule is CC(C)NC(c1ccc2c(c1)CCO2)c1ccc(F)cn1. The fourth-order valence-corrected chi connectivity index (χ4v) is 2.63. The van der Waals surface area contributed by atoms with E-state index in [0.29, 0.717) is 6.04 Å². The number of pyridine rings is 1. The van der Waals surface area contributed by atoms with E-state index in [4.69, 9.17) is 4.74 Å². The van der Waals surface area contributed by atoms with Crippen LogP contribution in [0.5, 0.6) is 5.75 Å². The van der Waals surface area contributed by atoms with Crippen LogP contribution >= 0.6 is 0 Å². The number of ether oxygens (including phenoxy) is 1. The van der Waals surface area contributed by atoms with E-state index < -0.39 is 0 Å². The van der Waals surface area contributed by atoms with Crippen molar-refractivity contribution in [2.45, 2.75) is 32.4 Å². The summed E-state index contributed by atoms with van der Waals surface area (Å²) in [5.74, 6) is 0.651. The van der Waals surface area contributed by atoms with Gasteiger partial charge in [0.2, 0.25) is 0 Å². The van der Waals surface area contributed by atoms with E-state index in [0.717, 1.165) is 30.0 Å². The van der Waals surface area contributed by atoms with Crippen LogP contribution in [0.15, 0.2) is 36.5 Å². The number of nitrogens with one attached hydrogen (secondary N) is 1. The van der Waals surface area contributed by atoms with Crippen LogP contribution in [0.3, 0.4) is 0 Å². The van der Waals surface area contributed by atoms with Crippen LogP contribution in [0.2, 0.25) is 0 Å². The van der Waals surface area contributed by atoms with Crippen LogP contribution in [0.4, 0.5) is 4.39 Å². The second kappa shape index (κ2) is 5.82. The first kappa shape index (κ1) is 14.0. The Bertz CT molecular complexity index is 625. The van der Waals surface area contributed by atoms with Gasteiger partial charge >= 0.3 is 0 Å². The van der Waals surface area contributed by atoms with Crippen molar-refractivity contribution < 1.29 is 9.13 Å². The minimum absolute atomic E-state index is 0.0449. The van der Waals surface area contributed by atoms with Gasteiger partial charge < -0.3 is 10.1 Å². The Balaban J connectivity index is 1.97. The zero-order chi connectivity index (χ0) is 14.8. The molecule has 21 heavy (non-hydrogen) atoms. The standard InChI is InChI=1S/C17H19FN2O/c1-11(2)20-17(15-5-4-14(18)10-19-15)13-3-6-16-12(9-13)7-8-21-16/h3-6,9-11,17,20H,7-8H2,1-2H3. The van der Waals surface area contributed by atoms with Crippen molar-refractivity contribution in [2.75, 3.05) is 6.61 Å². The normalized spacial score (nSPS) is 14.9. The summed E-state index contributed by atoms with van der Waals surface area (Å²) in [4.78, 5) is 4.23. The summed E-state index contributed by atoms with van der Waals surface area (Å²) >= 11 is 0. The predicted octanol–water partition coefficient (Wildman–Crippen LogP) is 3.24. The van der Waals surface area contributed by atoms with E-state index >= 15 is 0 Å². The summed E-state index contributed by atoms with van der Waals surface area (Å²) < 4.78 is 18.6. The van der Waals surface area contributed by atoms with Crippen molar-refractivity contribution in [2.24, 2.45) is 0 Å². The van der Waals surface area contributed by atoms with Gasteiger partial charge in [0.1, 0.15) is 11.6 Å². The Labute approximate surface area is 124 Å². The van der Waals surface area contributed by atoms with E-state index in [9.17, 15) is 4.39 Å². The highest BCUT2D eigenvalue weighted by Gasteiger charge is 2.20. The molecular weight excluding hydrogens is 267 g/mol. The molecule has 1 aliphatic heterocycles. The number of benzene rings is 1. The van der Waals surface area contributed by atoms with Crippen LogP contribution in [-0.4, -0.2) is 17.6 Å². The fourth-order valence-electron chi connectivity index (χ4n) is 2.63. The summed E-state index contributed by atoms with van der Waals surface area (Å²) in [6.07, 6.45) is 2.20. The first-order chi connectivity index (χ1) is 10.1. The van der Waals surface area contributed by atoms with Crippen molar-refractivity contribution in [1.29, 1.82) is 0 Å². The molecule has 3 nitrogen and oxygen atoms in total. The summed E-state index contributed by atoms with van der Waals surface area (Å²) in [6.45, 7) is 4.93. The van der Waals surface area contributed by atoms with Gasteiger partial charge in [-0.25, -0.2) is 4.39 Å². The molecule has 0 fully saturated rings. The number of rotatable bonds is 4. The molecule has 0 saturated heterocycles. The van der Waals surface area contributed by atoms with E-state index in [2.05, 4.69) is 36.3 Å². The van der Waals surface area contributed by atoms with Crippen molar-refractivity contribution in [3.8, 4) is 5.75 Å². The third-order valence-electron chi connectivity index (χ3n) is 3.59. The van der Waals surface area contributed by atoms with E-state index in [1.165, 1.54) is 17.8 Å². The lowest BCUT2D eigenvalue weighted by molar-refractivity contribution is 0.356. The van der Waals surface area contributed by atoms with E-state index in [-0.39, 0.29) is 11.9 Å². The molecule has 4 heteroatoms. The summed E-state index contributed by atoms with van der Waals surface area (Å²) in [6, 6.07) is 9.66. The predicted molar refractivity (Wildman–Crippen MR) is 80.0 cm³/mol. The Hall–Kier alpha value is -1.94. The monoisotopic (exact) mass is 286 g/mol. The summed E-state index contributed by atoms with van der Waals surface area (Å²) in [5.41, 5.74) is 3.18. The number of nitrogens with zero attached hydrogens (tertiary/aromatic N) is 1. The second-order valence-corrected chi connectivity index (χ2v) is 5.62. The smallest absolute Gasteiger partial charge is 0.141 e. The summed E-state index contributed by atoms with van der Waals surface area (Å²) in [7, 11) is 0. The first-order valence-corrected chi connectivity index (χ1v) is 7.26. The zero-order valence-electron chi connectivity index (χ0n) is 12.3. The average Bonchev–Trinajstić information content (AvgIpc) is 2.93. The number of hydrogen-bond donors (Lipinski definition) is 1. The van der Waals surface area contributed by atoms with E-state index in [1.54, 1.807) is 6.07 Å². The number of aromatic nitrogens is 1. The second-order valence-electron chi connectivity index (χ2n) is 5.62. The van der Waals surface area contributed by atoms with Crippen LogP contribution in [0, 0.1) is 5.82 Å². The molecule has 1 N–H and O–H groups in total. The molecule has 1 unspecified atom stereocenters. The maximum atomic E-state index is 13.1. The highest BCUT2D eigenvalue weighted by Crippen LogP contribution is 2.30. The number of hydrogen-bond acceptors (Lipinski definition) is 3. The van der Waals surface area contributed by atoms with Crippen molar-refractivity contribution in [1.82, 2.24) is 10.3 Å². The largest absolute Gasteiger partial charge is 0.493 e. The molecule has 110 valence electrons. The first-order valence-electron chi connectivity index (χ1n) is 7.26. The van der Waals surface area contributed by atoms with Crippen molar-refractivity contribution in [3.63, 3.8) is 0 Å². The lowest BCUT2D eigenvalue weighted by Gasteiger charge is -2.22. The van der Waals surface area contributed by atoms with E-state index in [1.807, 2.05) is 6.07 Å². The quantitative estimate of drug-likeness (QED) is 0.937. The van der Waals surface area contributed by atoms with Crippen LogP contribution < -0.4 is 10.1 Å². The molecule has 0 spiro atoms. The molecule has 2 aromatic rings. The third-order valence-corrected chi connectivity index (χ3v) is 3.59. The van der Waals surface area contributed by atoms with Gasteiger partial charge in [-0.3, -0.25) is 4.98 Å². The lowest BCUT2D eigenvalue weighted by Crippen LogP contribution is -2.29. The Morgan fingerprint density at radius 3 is 2.81 bits per heavy atom. The lowest BCUT2D eigenvalue weighted by atomic mass is 9.99. The highest BCUT2D eigenvalue weighted by molar-refractivity contribution is 5.42. The van der Waals surface area contributed by atoms with Gasteiger partial charge in [0.05, 0.1) is 24.5 Å². The van der Waals surface area contributed by atoms with Gasteiger partial charge in [-0.2, -0.15) is 0 Å². The molecule has 0 radical (unpaired) electrons. The zero-order valence-corrected chi connectivity index (χ0v) is 12.3. The minimum atomic E-state index is -0.315. The Morgan fingerprint density at radius 1 is 1.24 bits per heavy atom. The van der Waals surface area contributed by atoms with Gasteiger partial charge in [-0.15, -0.1) is 0 Å². The van der Waals surface area contributed by atoms with Gasteiger partial charge in [0.15, 0.2) is 0 Å². The fraction of sp³-hybridized carbons (Fsp3) is 0.353. The molecule has 1 atom stereocenters. The van der Waals surface area contributed by atoms with Gasteiger partial charge in [0, 0.05) is 12.5 Å². The van der Waals surface area contributed by atoms with Crippen molar-refractivity contribution in [3.05, 3.63) is 59.2 Å². The molecule has 0 amide bonds. The van der Waals surface area contributed by atoms with Crippen LogP contribution in [-0.2, 0) is 6.42 Å². The Kier molecular flexibility index (Phi) is 3.88. The van der Waals surface area contributed by atoms with Gasteiger partial charge in [0.25, 0.3) is 0 Å². The van der Waals surface area contributed by atoms with Gasteiger partial charge in [-0.1, -0.05) is 12.1 Å². The molecule has 0 saturated carbocycles. The summed E-state index contributed by atoms with van der Waals surface area (Å²) in [5, 5.41) is 3.50. The van der Waals surface area contributed by atoms with Gasteiger partial charge in [-0.05, 0) is 43.2 Å². The molecule has 0 bridgehead atoms. The Morgan fingerprint density at radius 2 is 2.10 bits per heavy atom. The van der Waals surface area contributed by atoms with Crippen LogP contribution in [0.1, 0.15) is 36.7 Å². The van der Waals surface area contributed by atoms with Crippen LogP contribution in [0.25, 0.3) is 0 Å². The molecule has 2 heterocycles. The molecular formula is C17H19FN2O. The maximum absolute atomic E-state index is 13.1. The minimum Gasteiger partial charge on any atom is -0.493 e. The molecule has 0 aliphatic carbocycles. The number of fused-ring (bicyclic) bond motifs is 1. The third kappa shape index (κ3) is 3.05. The average molecular weight is 286 g/mol. The topological polar surface area (TPSA) is 34.1 Å². The molecule has 1 aromatic carbocycles. The molecule has 1 aromatic heterocycles. The maximum Gasteiger partial charge on any atom is 0.141 e. The van der Waals surface area contributed by atoms with Crippen molar-refractivity contribution >= 4 is 0 Å². The highest BCUT2D eigenvalue weighted by atomic mass is 19.1. The molecule has 1 aliphatic rings. The number of halogens is 1. The molecule has 3 rings (SSSR count).